The number of nitrogens with zero attached hydrogens (tertiary/aromatic N) is 3. The quantitative estimate of drug-likeness (QED) is 0.821. The molecule has 0 spiro atoms. The van der Waals surface area contributed by atoms with E-state index in [4.69, 9.17) is 9.84 Å². The first kappa shape index (κ1) is 16.7. The van der Waals surface area contributed by atoms with E-state index in [1.54, 1.807) is 6.07 Å². The Morgan fingerprint density at radius 1 is 1.45 bits per heavy atom. The average molecular weight is 307 g/mol. The number of ether oxygens (including phenoxy) is 1. The van der Waals surface area contributed by atoms with Crippen molar-refractivity contribution in [2.75, 3.05) is 45.3 Å². The summed E-state index contributed by atoms with van der Waals surface area (Å²) >= 11 is 0. The molecule has 2 rings (SSSR count). The molecule has 0 amide bonds. The summed E-state index contributed by atoms with van der Waals surface area (Å²) in [6.07, 6.45) is 2.10. The molecule has 1 aliphatic heterocycles. The maximum absolute atomic E-state index is 11.6. The van der Waals surface area contributed by atoms with Crippen molar-refractivity contribution in [1.29, 1.82) is 0 Å². The van der Waals surface area contributed by atoms with Crippen LogP contribution in [-0.2, 0) is 4.74 Å². The predicted molar refractivity (Wildman–Crippen MR) is 85.3 cm³/mol. The molecule has 0 saturated carbocycles. The molecule has 6 nitrogen and oxygen atoms in total. The predicted octanol–water partition coefficient (Wildman–Crippen LogP) is 1.07. The lowest BCUT2D eigenvalue weighted by Gasteiger charge is -2.37. The number of anilines is 1. The second-order valence-electron chi connectivity index (χ2n) is 5.72. The van der Waals surface area contributed by atoms with E-state index in [2.05, 4.69) is 21.8 Å². The summed E-state index contributed by atoms with van der Waals surface area (Å²) in [6.45, 7) is 4.62. The fourth-order valence-electron chi connectivity index (χ4n) is 2.93. The van der Waals surface area contributed by atoms with Crippen molar-refractivity contribution in [3.05, 3.63) is 23.4 Å². The molecule has 1 aromatic heterocycles. The third-order valence-electron chi connectivity index (χ3n) is 4.34. The Morgan fingerprint density at radius 3 is 2.68 bits per heavy atom. The van der Waals surface area contributed by atoms with Gasteiger partial charge in [0.15, 0.2) is 0 Å². The minimum Gasteiger partial charge on any atom is -0.465 e. The zero-order chi connectivity index (χ0) is 16.1. The fourth-order valence-corrected chi connectivity index (χ4v) is 2.93. The summed E-state index contributed by atoms with van der Waals surface area (Å²) in [5, 5.41) is 9.02. The molecule has 1 saturated heterocycles. The van der Waals surface area contributed by atoms with Gasteiger partial charge >= 0.3 is 5.97 Å². The number of aryl methyl sites for hydroxylation is 1. The highest BCUT2D eigenvalue weighted by Gasteiger charge is 2.23. The van der Waals surface area contributed by atoms with Crippen molar-refractivity contribution in [2.45, 2.75) is 25.8 Å². The van der Waals surface area contributed by atoms with Crippen LogP contribution in [0.25, 0.3) is 0 Å². The van der Waals surface area contributed by atoms with Gasteiger partial charge in [-0.3, -0.25) is 0 Å². The average Bonchev–Trinajstić information content (AvgIpc) is 2.54. The summed E-state index contributed by atoms with van der Waals surface area (Å²) in [4.78, 5) is 20.6. The highest BCUT2D eigenvalue weighted by atomic mass is 16.5. The van der Waals surface area contributed by atoms with Crippen LogP contribution in [0.15, 0.2) is 12.1 Å². The monoisotopic (exact) mass is 307 g/mol. The Labute approximate surface area is 131 Å². The molecule has 1 aromatic rings. The standard InChI is InChI=1S/C16H25N3O3/c1-12-14(16(21)22-3)4-5-15(17-12)19-8-6-13(7-9-19)18(2)10-11-20/h4-5,13,20H,6-11H2,1-3H3. The van der Waals surface area contributed by atoms with E-state index < -0.39 is 0 Å². The molecule has 0 aliphatic carbocycles. The topological polar surface area (TPSA) is 65.9 Å². The zero-order valence-electron chi connectivity index (χ0n) is 13.6. The van der Waals surface area contributed by atoms with Crippen LogP contribution in [0.4, 0.5) is 5.82 Å². The highest BCUT2D eigenvalue weighted by molar-refractivity contribution is 5.90. The summed E-state index contributed by atoms with van der Waals surface area (Å²) in [5.74, 6) is 0.564. The Bertz CT molecular complexity index is 513. The molecule has 0 aromatic carbocycles. The van der Waals surface area contributed by atoms with E-state index >= 15 is 0 Å². The van der Waals surface area contributed by atoms with Crippen LogP contribution in [0.1, 0.15) is 28.9 Å². The van der Waals surface area contributed by atoms with Gasteiger partial charge in [0.1, 0.15) is 5.82 Å². The molecule has 122 valence electrons. The van der Waals surface area contributed by atoms with Crippen molar-refractivity contribution in [3.63, 3.8) is 0 Å². The Kier molecular flexibility index (Phi) is 5.74. The van der Waals surface area contributed by atoms with Gasteiger partial charge in [-0.25, -0.2) is 9.78 Å². The van der Waals surface area contributed by atoms with Gasteiger partial charge < -0.3 is 19.6 Å². The van der Waals surface area contributed by atoms with Gasteiger partial charge in [0.05, 0.1) is 25.0 Å². The number of piperidine rings is 1. The van der Waals surface area contributed by atoms with Crippen molar-refractivity contribution >= 4 is 11.8 Å². The van der Waals surface area contributed by atoms with Crippen LogP contribution in [0.5, 0.6) is 0 Å². The van der Waals surface area contributed by atoms with Gasteiger partial charge in [-0.2, -0.15) is 0 Å². The van der Waals surface area contributed by atoms with Gasteiger partial charge in [0.25, 0.3) is 0 Å². The first-order valence-corrected chi connectivity index (χ1v) is 7.68. The van der Waals surface area contributed by atoms with Crippen molar-refractivity contribution in [3.8, 4) is 0 Å². The van der Waals surface area contributed by atoms with E-state index in [0.717, 1.165) is 38.3 Å². The van der Waals surface area contributed by atoms with Crippen molar-refractivity contribution < 1.29 is 14.6 Å². The number of esters is 1. The largest absolute Gasteiger partial charge is 0.465 e. The number of likely N-dealkylation sites (N-methyl/N-ethyl adjacent to an activating group) is 1. The lowest BCUT2D eigenvalue weighted by atomic mass is 10.0. The van der Waals surface area contributed by atoms with Gasteiger partial charge in [0, 0.05) is 25.7 Å². The third-order valence-corrected chi connectivity index (χ3v) is 4.34. The second kappa shape index (κ2) is 7.56. The number of methoxy groups -OCH3 is 1. The number of carbonyl (C=O) groups is 1. The van der Waals surface area contributed by atoms with Crippen LogP contribution in [0.2, 0.25) is 0 Å². The molecule has 1 fully saturated rings. The third kappa shape index (κ3) is 3.75. The molecule has 0 atom stereocenters. The summed E-state index contributed by atoms with van der Waals surface area (Å²) in [5.41, 5.74) is 1.22. The van der Waals surface area contributed by atoms with Crippen LogP contribution >= 0.6 is 0 Å². The number of aromatic nitrogens is 1. The first-order valence-electron chi connectivity index (χ1n) is 7.68. The van der Waals surface area contributed by atoms with Crippen LogP contribution < -0.4 is 4.90 Å². The molecule has 2 heterocycles. The SMILES string of the molecule is COC(=O)c1ccc(N2CCC(N(C)CCO)CC2)nc1C. The van der Waals surface area contributed by atoms with Gasteiger partial charge in [-0.05, 0) is 38.9 Å². The Morgan fingerprint density at radius 2 is 2.14 bits per heavy atom. The minimum atomic E-state index is -0.346. The number of carbonyl (C=O) groups excluding carboxylic acids is 1. The van der Waals surface area contributed by atoms with Crippen molar-refractivity contribution in [2.24, 2.45) is 0 Å². The number of hydrogen-bond donors (Lipinski definition) is 1. The first-order chi connectivity index (χ1) is 10.6. The molecular weight excluding hydrogens is 282 g/mol. The molecule has 22 heavy (non-hydrogen) atoms. The highest BCUT2D eigenvalue weighted by Crippen LogP contribution is 2.22. The molecule has 0 bridgehead atoms. The van der Waals surface area contributed by atoms with E-state index in [9.17, 15) is 4.79 Å². The van der Waals surface area contributed by atoms with Crippen LogP contribution in [0.3, 0.4) is 0 Å². The minimum absolute atomic E-state index is 0.201. The lowest BCUT2D eigenvalue weighted by Crippen LogP contribution is -2.44. The molecule has 1 aliphatic rings. The smallest absolute Gasteiger partial charge is 0.339 e. The maximum Gasteiger partial charge on any atom is 0.339 e. The van der Waals surface area contributed by atoms with Gasteiger partial charge in [-0.1, -0.05) is 0 Å². The van der Waals surface area contributed by atoms with Gasteiger partial charge in [0.2, 0.25) is 0 Å². The summed E-state index contributed by atoms with van der Waals surface area (Å²) in [6, 6.07) is 4.18. The van der Waals surface area contributed by atoms with Crippen LogP contribution in [-0.4, -0.2) is 67.4 Å². The van der Waals surface area contributed by atoms with Crippen molar-refractivity contribution in [1.82, 2.24) is 9.88 Å². The molecule has 1 N–H and O–H groups in total. The second-order valence-corrected chi connectivity index (χ2v) is 5.72. The maximum atomic E-state index is 11.6. The summed E-state index contributed by atoms with van der Waals surface area (Å²) < 4.78 is 4.75. The molecule has 6 heteroatoms. The van der Waals surface area contributed by atoms with Gasteiger partial charge in [-0.15, -0.1) is 0 Å². The van der Waals surface area contributed by atoms with E-state index in [1.165, 1.54) is 7.11 Å². The normalized spacial score (nSPS) is 16.1. The fraction of sp³-hybridized carbons (Fsp3) is 0.625. The van der Waals surface area contributed by atoms with E-state index in [0.29, 0.717) is 17.3 Å². The Balaban J connectivity index is 2.00. The number of rotatable bonds is 5. The number of aliphatic hydroxyl groups is 1. The Hall–Kier alpha value is -1.66. The molecule has 0 unspecified atom stereocenters. The molecular formula is C16H25N3O3. The molecule has 0 radical (unpaired) electrons. The summed E-state index contributed by atoms with van der Waals surface area (Å²) in [7, 11) is 3.44. The number of pyridine rings is 1. The number of aliphatic hydroxyl groups excluding tert-OH is 1. The van der Waals surface area contributed by atoms with E-state index in [1.807, 2.05) is 13.0 Å². The lowest BCUT2D eigenvalue weighted by molar-refractivity contribution is 0.0599. The number of hydrogen-bond acceptors (Lipinski definition) is 6. The van der Waals surface area contributed by atoms with Crippen LogP contribution in [0, 0.1) is 6.92 Å². The van der Waals surface area contributed by atoms with E-state index in [-0.39, 0.29) is 12.6 Å². The zero-order valence-corrected chi connectivity index (χ0v) is 13.6.